The number of amides is 1. The van der Waals surface area contributed by atoms with Crippen molar-refractivity contribution < 1.29 is 18.7 Å². The van der Waals surface area contributed by atoms with E-state index in [1.807, 2.05) is 6.92 Å². The second kappa shape index (κ2) is 10.00. The number of halogens is 2. The summed E-state index contributed by atoms with van der Waals surface area (Å²) >= 11 is 12.2. The molecule has 2 aromatic heterocycles. The topological polar surface area (TPSA) is 112 Å². The maximum atomic E-state index is 12.8. The first-order valence-electron chi connectivity index (χ1n) is 9.49. The molecule has 1 atom stereocenters. The number of nitrogens with one attached hydrogen (secondary N) is 1. The molecule has 1 amide bonds. The molecule has 2 heterocycles. The molecule has 164 valence electrons. The van der Waals surface area contributed by atoms with Crippen LogP contribution in [0.1, 0.15) is 41.7 Å². The van der Waals surface area contributed by atoms with E-state index in [4.69, 9.17) is 42.8 Å². The lowest BCUT2D eigenvalue weighted by Gasteiger charge is -2.09. The van der Waals surface area contributed by atoms with Crippen LogP contribution >= 0.6 is 23.2 Å². The molecular weight excluding hydrogens is 443 g/mol. The normalized spacial score (nSPS) is 11.8. The van der Waals surface area contributed by atoms with Crippen LogP contribution in [0.3, 0.4) is 0 Å². The molecule has 31 heavy (non-hydrogen) atoms. The third kappa shape index (κ3) is 5.10. The van der Waals surface area contributed by atoms with Gasteiger partial charge in [-0.25, -0.2) is 4.98 Å². The standard InChI is InChI=1S/C21H22Cl2N4O4/c1-4-30-17-7-12(5-6-16(17)29-3)21-27-18(19(31-21)11(2)24)20(28)26-8-13-14(22)9-25-10-15(13)23/h5-7,9-11H,4,8,24H2,1-3H3,(H,26,28). The highest BCUT2D eigenvalue weighted by Crippen LogP contribution is 2.34. The number of pyridine rings is 1. The van der Waals surface area contributed by atoms with Crippen LogP contribution in [-0.2, 0) is 6.54 Å². The van der Waals surface area contributed by atoms with Gasteiger partial charge in [-0.3, -0.25) is 9.78 Å². The van der Waals surface area contributed by atoms with Crippen molar-refractivity contribution in [1.29, 1.82) is 0 Å². The molecule has 0 saturated heterocycles. The Morgan fingerprint density at radius 3 is 2.58 bits per heavy atom. The largest absolute Gasteiger partial charge is 0.493 e. The van der Waals surface area contributed by atoms with Crippen LogP contribution in [0.4, 0.5) is 0 Å². The third-order valence-electron chi connectivity index (χ3n) is 4.37. The number of oxazole rings is 1. The second-order valence-corrected chi connectivity index (χ2v) is 7.40. The van der Waals surface area contributed by atoms with E-state index in [-0.39, 0.29) is 23.9 Å². The van der Waals surface area contributed by atoms with Crippen LogP contribution < -0.4 is 20.5 Å². The summed E-state index contributed by atoms with van der Waals surface area (Å²) in [5.74, 6) is 1.14. The highest BCUT2D eigenvalue weighted by atomic mass is 35.5. The third-order valence-corrected chi connectivity index (χ3v) is 5.02. The van der Waals surface area contributed by atoms with Crippen molar-refractivity contribution >= 4 is 29.1 Å². The zero-order valence-corrected chi connectivity index (χ0v) is 18.8. The van der Waals surface area contributed by atoms with Gasteiger partial charge in [-0.05, 0) is 32.0 Å². The van der Waals surface area contributed by atoms with Crippen LogP contribution in [0.25, 0.3) is 11.5 Å². The highest BCUT2D eigenvalue weighted by Gasteiger charge is 2.24. The van der Waals surface area contributed by atoms with E-state index in [0.717, 1.165) is 0 Å². The summed E-state index contributed by atoms with van der Waals surface area (Å²) in [6.07, 6.45) is 2.91. The van der Waals surface area contributed by atoms with E-state index in [1.165, 1.54) is 12.4 Å². The molecule has 0 aliphatic heterocycles. The zero-order valence-electron chi connectivity index (χ0n) is 17.2. The maximum absolute atomic E-state index is 12.8. The molecule has 0 fully saturated rings. The number of nitrogens with zero attached hydrogens (tertiary/aromatic N) is 2. The molecule has 1 aromatic carbocycles. The van der Waals surface area contributed by atoms with Crippen LogP contribution in [0, 0.1) is 0 Å². The summed E-state index contributed by atoms with van der Waals surface area (Å²) in [5.41, 5.74) is 7.26. The van der Waals surface area contributed by atoms with E-state index in [1.54, 1.807) is 32.2 Å². The average Bonchev–Trinajstić information content (AvgIpc) is 3.19. The first-order chi connectivity index (χ1) is 14.8. The van der Waals surface area contributed by atoms with Crippen LogP contribution in [0.5, 0.6) is 11.5 Å². The molecule has 3 N–H and O–H groups in total. The van der Waals surface area contributed by atoms with Crippen LogP contribution in [0.15, 0.2) is 35.0 Å². The van der Waals surface area contributed by atoms with Gasteiger partial charge >= 0.3 is 0 Å². The molecule has 10 heteroatoms. The van der Waals surface area contributed by atoms with Gasteiger partial charge in [-0.1, -0.05) is 23.2 Å². The van der Waals surface area contributed by atoms with Crippen molar-refractivity contribution in [3.05, 3.63) is 57.7 Å². The fourth-order valence-electron chi connectivity index (χ4n) is 2.86. The predicted molar refractivity (Wildman–Crippen MR) is 118 cm³/mol. The Morgan fingerprint density at radius 1 is 1.26 bits per heavy atom. The van der Waals surface area contributed by atoms with Gasteiger partial charge in [0.15, 0.2) is 23.0 Å². The Labute approximate surface area is 189 Å². The van der Waals surface area contributed by atoms with E-state index < -0.39 is 11.9 Å². The summed E-state index contributed by atoms with van der Waals surface area (Å²) < 4.78 is 16.7. The minimum absolute atomic E-state index is 0.0834. The summed E-state index contributed by atoms with van der Waals surface area (Å²) in [6, 6.07) is 4.68. The van der Waals surface area contributed by atoms with Crippen molar-refractivity contribution in [3.63, 3.8) is 0 Å². The van der Waals surface area contributed by atoms with Gasteiger partial charge in [-0.15, -0.1) is 0 Å². The Balaban J connectivity index is 1.90. The van der Waals surface area contributed by atoms with E-state index in [2.05, 4.69) is 15.3 Å². The molecule has 0 radical (unpaired) electrons. The Hall–Kier alpha value is -2.81. The number of methoxy groups -OCH3 is 1. The molecule has 0 saturated carbocycles. The first-order valence-corrected chi connectivity index (χ1v) is 10.2. The monoisotopic (exact) mass is 464 g/mol. The number of carbonyl (C=O) groups is 1. The number of ether oxygens (including phenoxy) is 2. The van der Waals surface area contributed by atoms with E-state index in [9.17, 15) is 4.79 Å². The van der Waals surface area contributed by atoms with Gasteiger partial charge in [0.1, 0.15) is 0 Å². The van der Waals surface area contributed by atoms with Gasteiger partial charge in [-0.2, -0.15) is 0 Å². The van der Waals surface area contributed by atoms with Gasteiger partial charge in [0.25, 0.3) is 5.91 Å². The molecule has 0 aliphatic rings. The minimum atomic E-state index is -0.556. The van der Waals surface area contributed by atoms with Crippen molar-refractivity contribution in [2.45, 2.75) is 26.4 Å². The number of aromatic nitrogens is 2. The average molecular weight is 465 g/mol. The van der Waals surface area contributed by atoms with Crippen molar-refractivity contribution in [1.82, 2.24) is 15.3 Å². The fourth-order valence-corrected chi connectivity index (χ4v) is 3.36. The quantitative estimate of drug-likeness (QED) is 0.507. The summed E-state index contributed by atoms with van der Waals surface area (Å²) in [6.45, 7) is 4.13. The van der Waals surface area contributed by atoms with Crippen molar-refractivity contribution in [2.24, 2.45) is 5.73 Å². The first kappa shape index (κ1) is 22.9. The number of hydrogen-bond donors (Lipinski definition) is 2. The molecule has 0 spiro atoms. The van der Waals surface area contributed by atoms with Gasteiger partial charge in [0, 0.05) is 30.1 Å². The maximum Gasteiger partial charge on any atom is 0.273 e. The number of nitrogens with two attached hydrogens (primary N) is 1. The summed E-state index contributed by atoms with van der Waals surface area (Å²) in [7, 11) is 1.56. The second-order valence-electron chi connectivity index (χ2n) is 6.58. The van der Waals surface area contributed by atoms with Crippen LogP contribution in [-0.4, -0.2) is 29.6 Å². The Morgan fingerprint density at radius 2 is 1.97 bits per heavy atom. The van der Waals surface area contributed by atoms with E-state index >= 15 is 0 Å². The Kier molecular flexibility index (Phi) is 7.37. The van der Waals surface area contributed by atoms with E-state index in [0.29, 0.717) is 39.3 Å². The molecule has 0 bridgehead atoms. The predicted octanol–water partition coefficient (Wildman–Crippen LogP) is 4.40. The molecule has 3 aromatic rings. The van der Waals surface area contributed by atoms with Gasteiger partial charge in [0.2, 0.25) is 5.89 Å². The molecule has 1 unspecified atom stereocenters. The lowest BCUT2D eigenvalue weighted by Crippen LogP contribution is -2.25. The molecule has 0 aliphatic carbocycles. The Bertz CT molecular complexity index is 1060. The zero-order chi connectivity index (χ0) is 22.5. The molecular formula is C21H22Cl2N4O4. The smallest absolute Gasteiger partial charge is 0.273 e. The van der Waals surface area contributed by atoms with Crippen LogP contribution in [0.2, 0.25) is 10.0 Å². The molecule has 8 nitrogen and oxygen atoms in total. The lowest BCUT2D eigenvalue weighted by atomic mass is 10.2. The number of rotatable bonds is 8. The molecule has 3 rings (SSSR count). The number of carbonyl (C=O) groups excluding carboxylic acids is 1. The number of benzene rings is 1. The highest BCUT2D eigenvalue weighted by molar-refractivity contribution is 6.35. The van der Waals surface area contributed by atoms with Gasteiger partial charge < -0.3 is 24.9 Å². The minimum Gasteiger partial charge on any atom is -0.493 e. The van der Waals surface area contributed by atoms with Crippen molar-refractivity contribution in [2.75, 3.05) is 13.7 Å². The van der Waals surface area contributed by atoms with Crippen molar-refractivity contribution in [3.8, 4) is 23.0 Å². The SMILES string of the molecule is CCOc1cc(-c2nc(C(=O)NCc3c(Cl)cncc3Cl)c(C(C)N)o2)ccc1OC. The summed E-state index contributed by atoms with van der Waals surface area (Å²) in [4.78, 5) is 21.1. The lowest BCUT2D eigenvalue weighted by molar-refractivity contribution is 0.0944. The fraction of sp³-hybridized carbons (Fsp3) is 0.286. The summed E-state index contributed by atoms with van der Waals surface area (Å²) in [5, 5.41) is 3.45. The number of hydrogen-bond acceptors (Lipinski definition) is 7. The van der Waals surface area contributed by atoms with Gasteiger partial charge in [0.05, 0.1) is 29.8 Å².